The minimum atomic E-state index is 0.771. The normalized spacial score (nSPS) is 11.1. The van der Waals surface area contributed by atoms with E-state index >= 15 is 0 Å². The maximum atomic E-state index is 4.94. The van der Waals surface area contributed by atoms with Crippen molar-refractivity contribution in [3.8, 4) is 28.2 Å². The highest BCUT2D eigenvalue weighted by atomic mass is 15.5. The van der Waals surface area contributed by atoms with Crippen molar-refractivity contribution in [1.29, 1.82) is 0 Å². The molecule has 0 N–H and O–H groups in total. The molecule has 7 nitrogen and oxygen atoms in total. The standard InChI is InChI=1S/C27H27N7/c1-3-4-12-27-30-25(24-10-7-8-20(2)29-24)18-33(27)17-21-13-15-22(16-14-21)23-9-5-6-11-26(23)34-19-28-31-32-34/h5-11,13-16,18-19H,3-4,12,17H2,1-2H3. The van der Waals surface area contributed by atoms with Gasteiger partial charge in [0.2, 0.25) is 0 Å². The molecule has 0 fully saturated rings. The lowest BCUT2D eigenvalue weighted by Gasteiger charge is -2.11. The SMILES string of the molecule is CCCCc1nc(-c2cccc(C)n2)cn1Cc1ccc(-c2ccccc2-n2cnnn2)cc1. The summed E-state index contributed by atoms with van der Waals surface area (Å²) in [5.74, 6) is 1.10. The number of nitrogens with zero attached hydrogens (tertiary/aromatic N) is 7. The summed E-state index contributed by atoms with van der Waals surface area (Å²) in [7, 11) is 0. The van der Waals surface area contributed by atoms with E-state index < -0.39 is 0 Å². The first-order valence-electron chi connectivity index (χ1n) is 11.6. The zero-order valence-electron chi connectivity index (χ0n) is 19.5. The predicted molar refractivity (Wildman–Crippen MR) is 132 cm³/mol. The van der Waals surface area contributed by atoms with Gasteiger partial charge in [-0.05, 0) is 53.1 Å². The van der Waals surface area contributed by atoms with E-state index in [1.54, 1.807) is 11.0 Å². The van der Waals surface area contributed by atoms with E-state index in [1.807, 2.05) is 43.3 Å². The van der Waals surface area contributed by atoms with Crippen LogP contribution in [0.5, 0.6) is 0 Å². The van der Waals surface area contributed by atoms with Crippen LogP contribution in [0.4, 0.5) is 0 Å². The van der Waals surface area contributed by atoms with E-state index in [-0.39, 0.29) is 0 Å². The topological polar surface area (TPSA) is 74.3 Å². The molecule has 0 atom stereocenters. The molecule has 0 saturated heterocycles. The van der Waals surface area contributed by atoms with Crippen LogP contribution >= 0.6 is 0 Å². The van der Waals surface area contributed by atoms with Gasteiger partial charge in [-0.2, -0.15) is 4.68 Å². The third-order valence-electron chi connectivity index (χ3n) is 5.88. The molecule has 0 amide bonds. The molecule has 0 unspecified atom stereocenters. The summed E-state index contributed by atoms with van der Waals surface area (Å²) in [5.41, 5.74) is 7.24. The van der Waals surface area contributed by atoms with E-state index in [0.29, 0.717) is 0 Å². The molecule has 0 aliphatic rings. The number of hydrogen-bond donors (Lipinski definition) is 0. The smallest absolute Gasteiger partial charge is 0.143 e. The van der Waals surface area contributed by atoms with Crippen LogP contribution in [0.15, 0.2) is 79.3 Å². The molecule has 7 heteroatoms. The van der Waals surface area contributed by atoms with Gasteiger partial charge in [-0.15, -0.1) is 5.10 Å². The number of aromatic nitrogens is 7. The number of pyridine rings is 1. The van der Waals surface area contributed by atoms with E-state index in [2.05, 4.69) is 68.5 Å². The van der Waals surface area contributed by atoms with Crippen LogP contribution in [0.2, 0.25) is 0 Å². The first-order valence-corrected chi connectivity index (χ1v) is 11.6. The maximum absolute atomic E-state index is 4.94. The lowest BCUT2D eigenvalue weighted by molar-refractivity contribution is 0.678. The number of imidazole rings is 1. The molecule has 0 bridgehead atoms. The number of hydrogen-bond acceptors (Lipinski definition) is 5. The second-order valence-electron chi connectivity index (χ2n) is 8.41. The molecule has 170 valence electrons. The Labute approximate surface area is 199 Å². The van der Waals surface area contributed by atoms with E-state index in [1.165, 1.54) is 5.56 Å². The summed E-state index contributed by atoms with van der Waals surface area (Å²) in [6.07, 6.45) is 6.96. The molecule has 0 radical (unpaired) electrons. The Morgan fingerprint density at radius 2 is 1.71 bits per heavy atom. The van der Waals surface area contributed by atoms with Crippen molar-refractivity contribution < 1.29 is 0 Å². The van der Waals surface area contributed by atoms with Gasteiger partial charge in [0.05, 0.1) is 11.4 Å². The fraction of sp³-hybridized carbons (Fsp3) is 0.222. The van der Waals surface area contributed by atoms with Gasteiger partial charge in [0.15, 0.2) is 0 Å². The van der Waals surface area contributed by atoms with Crippen molar-refractivity contribution in [2.45, 2.75) is 39.7 Å². The first kappa shape index (κ1) is 21.7. The van der Waals surface area contributed by atoms with Crippen molar-refractivity contribution >= 4 is 0 Å². The Morgan fingerprint density at radius 3 is 2.47 bits per heavy atom. The summed E-state index contributed by atoms with van der Waals surface area (Å²) < 4.78 is 3.95. The quantitative estimate of drug-likeness (QED) is 0.322. The lowest BCUT2D eigenvalue weighted by atomic mass is 10.0. The maximum Gasteiger partial charge on any atom is 0.143 e. The van der Waals surface area contributed by atoms with Crippen LogP contribution in [-0.2, 0) is 13.0 Å². The predicted octanol–water partition coefficient (Wildman–Crippen LogP) is 5.29. The van der Waals surface area contributed by atoms with Crippen LogP contribution in [0.3, 0.4) is 0 Å². The second kappa shape index (κ2) is 9.79. The number of aryl methyl sites for hydroxylation is 2. The molecule has 0 aliphatic heterocycles. The van der Waals surface area contributed by atoms with Crippen LogP contribution in [0, 0.1) is 6.92 Å². The van der Waals surface area contributed by atoms with Gasteiger partial charge in [0.1, 0.15) is 17.8 Å². The molecule has 34 heavy (non-hydrogen) atoms. The van der Waals surface area contributed by atoms with E-state index in [9.17, 15) is 0 Å². The summed E-state index contributed by atoms with van der Waals surface area (Å²) in [6.45, 7) is 4.99. The third kappa shape index (κ3) is 4.64. The Kier molecular flexibility index (Phi) is 6.25. The van der Waals surface area contributed by atoms with Crippen LogP contribution in [0.25, 0.3) is 28.2 Å². The van der Waals surface area contributed by atoms with Crippen LogP contribution < -0.4 is 0 Å². The number of unbranched alkanes of at least 4 members (excludes halogenated alkanes) is 1. The first-order chi connectivity index (χ1) is 16.7. The Hall–Kier alpha value is -4.13. The second-order valence-corrected chi connectivity index (χ2v) is 8.41. The number of benzene rings is 2. The largest absolute Gasteiger partial charge is 0.330 e. The highest BCUT2D eigenvalue weighted by Gasteiger charge is 2.12. The highest BCUT2D eigenvalue weighted by Crippen LogP contribution is 2.27. The molecule has 3 aromatic heterocycles. The van der Waals surface area contributed by atoms with Crippen molar-refractivity contribution in [2.24, 2.45) is 0 Å². The minimum absolute atomic E-state index is 0.771. The zero-order chi connectivity index (χ0) is 23.3. The van der Waals surface area contributed by atoms with Crippen molar-refractivity contribution in [2.75, 3.05) is 0 Å². The van der Waals surface area contributed by atoms with Crippen molar-refractivity contribution in [3.63, 3.8) is 0 Å². The Balaban J connectivity index is 1.42. The molecule has 2 aromatic carbocycles. The summed E-state index contributed by atoms with van der Waals surface area (Å²) >= 11 is 0. The molecule has 5 aromatic rings. The molecule has 0 saturated carbocycles. The molecular formula is C27H27N7. The summed E-state index contributed by atoms with van der Waals surface area (Å²) in [6, 6.07) is 22.9. The van der Waals surface area contributed by atoms with E-state index in [4.69, 9.17) is 4.98 Å². The average Bonchev–Trinajstić information content (AvgIpc) is 3.54. The monoisotopic (exact) mass is 449 g/mol. The fourth-order valence-electron chi connectivity index (χ4n) is 4.11. The highest BCUT2D eigenvalue weighted by molar-refractivity contribution is 5.72. The van der Waals surface area contributed by atoms with Gasteiger partial charge < -0.3 is 4.57 Å². The Morgan fingerprint density at radius 1 is 0.853 bits per heavy atom. The number of tetrazole rings is 1. The Bertz CT molecular complexity index is 1370. The number of para-hydroxylation sites is 1. The van der Waals surface area contributed by atoms with Gasteiger partial charge in [-0.1, -0.05) is 61.9 Å². The molecular weight excluding hydrogens is 422 g/mol. The number of rotatable bonds is 8. The third-order valence-corrected chi connectivity index (χ3v) is 5.88. The van der Waals surface area contributed by atoms with Gasteiger partial charge in [-0.3, -0.25) is 4.98 Å². The van der Waals surface area contributed by atoms with Crippen LogP contribution in [0.1, 0.15) is 36.8 Å². The van der Waals surface area contributed by atoms with Crippen LogP contribution in [-0.4, -0.2) is 34.7 Å². The molecule has 5 rings (SSSR count). The van der Waals surface area contributed by atoms with E-state index in [0.717, 1.165) is 65.5 Å². The van der Waals surface area contributed by atoms with Crippen molar-refractivity contribution in [1.82, 2.24) is 34.7 Å². The van der Waals surface area contributed by atoms with Gasteiger partial charge in [-0.25, -0.2) is 4.98 Å². The van der Waals surface area contributed by atoms with Gasteiger partial charge in [0.25, 0.3) is 0 Å². The molecule has 3 heterocycles. The fourth-order valence-corrected chi connectivity index (χ4v) is 4.11. The minimum Gasteiger partial charge on any atom is -0.330 e. The van der Waals surface area contributed by atoms with Crippen molar-refractivity contribution in [3.05, 3.63) is 96.3 Å². The molecule has 0 aliphatic carbocycles. The van der Waals surface area contributed by atoms with Gasteiger partial charge >= 0.3 is 0 Å². The summed E-state index contributed by atoms with van der Waals surface area (Å²) in [4.78, 5) is 9.61. The molecule has 0 spiro atoms. The lowest BCUT2D eigenvalue weighted by Crippen LogP contribution is -2.04. The van der Waals surface area contributed by atoms with Gasteiger partial charge in [0, 0.05) is 30.4 Å². The zero-order valence-corrected chi connectivity index (χ0v) is 19.5. The average molecular weight is 450 g/mol. The summed E-state index contributed by atoms with van der Waals surface area (Å²) in [5, 5.41) is 11.6.